The van der Waals surface area contributed by atoms with Crippen LogP contribution in [-0.4, -0.2) is 28.8 Å². The SMILES string of the molecule is COC(=O)c1ccc(NC(=O)CC(C)n2ccc(C)n2)cc1. The van der Waals surface area contributed by atoms with Crippen molar-refractivity contribution in [2.75, 3.05) is 12.4 Å². The number of ether oxygens (including phenoxy) is 1. The maximum atomic E-state index is 12.0. The van der Waals surface area contributed by atoms with Gasteiger partial charge in [0.05, 0.1) is 24.4 Å². The van der Waals surface area contributed by atoms with E-state index in [4.69, 9.17) is 0 Å². The number of rotatable bonds is 5. The lowest BCUT2D eigenvalue weighted by molar-refractivity contribution is -0.116. The highest BCUT2D eigenvalue weighted by Gasteiger charge is 2.12. The van der Waals surface area contributed by atoms with E-state index in [-0.39, 0.29) is 11.9 Å². The van der Waals surface area contributed by atoms with Gasteiger partial charge >= 0.3 is 5.97 Å². The van der Waals surface area contributed by atoms with E-state index in [0.29, 0.717) is 17.7 Å². The predicted octanol–water partition coefficient (Wildman–Crippen LogP) is 2.57. The first kappa shape index (κ1) is 15.8. The number of methoxy groups -OCH3 is 1. The molecular weight excluding hydrogens is 282 g/mol. The molecule has 1 aromatic carbocycles. The van der Waals surface area contributed by atoms with E-state index >= 15 is 0 Å². The molecule has 22 heavy (non-hydrogen) atoms. The molecule has 0 saturated heterocycles. The van der Waals surface area contributed by atoms with Crippen LogP contribution in [0.15, 0.2) is 36.5 Å². The Kier molecular flexibility index (Phi) is 4.93. The lowest BCUT2D eigenvalue weighted by Crippen LogP contribution is -2.18. The van der Waals surface area contributed by atoms with Gasteiger partial charge < -0.3 is 10.1 Å². The maximum absolute atomic E-state index is 12.0. The molecule has 116 valence electrons. The van der Waals surface area contributed by atoms with Gasteiger partial charge in [-0.1, -0.05) is 0 Å². The number of aromatic nitrogens is 2. The summed E-state index contributed by atoms with van der Waals surface area (Å²) in [6.07, 6.45) is 2.18. The van der Waals surface area contributed by atoms with Gasteiger partial charge in [0.15, 0.2) is 0 Å². The third-order valence-electron chi connectivity index (χ3n) is 3.26. The smallest absolute Gasteiger partial charge is 0.337 e. The van der Waals surface area contributed by atoms with Crippen LogP contribution < -0.4 is 5.32 Å². The van der Waals surface area contributed by atoms with Crippen molar-refractivity contribution in [3.8, 4) is 0 Å². The number of benzene rings is 1. The average molecular weight is 301 g/mol. The van der Waals surface area contributed by atoms with Crippen molar-refractivity contribution in [3.63, 3.8) is 0 Å². The zero-order valence-electron chi connectivity index (χ0n) is 12.9. The number of hydrogen-bond acceptors (Lipinski definition) is 4. The summed E-state index contributed by atoms with van der Waals surface area (Å²) in [4.78, 5) is 23.4. The van der Waals surface area contributed by atoms with Crippen molar-refractivity contribution in [3.05, 3.63) is 47.8 Å². The Morgan fingerprint density at radius 2 is 1.95 bits per heavy atom. The van der Waals surface area contributed by atoms with Gasteiger partial charge in [-0.15, -0.1) is 0 Å². The van der Waals surface area contributed by atoms with E-state index in [1.165, 1.54) is 7.11 Å². The van der Waals surface area contributed by atoms with Crippen LogP contribution in [0.2, 0.25) is 0 Å². The number of carbonyl (C=O) groups is 2. The summed E-state index contributed by atoms with van der Waals surface area (Å²) in [5.41, 5.74) is 2.01. The maximum Gasteiger partial charge on any atom is 0.337 e. The molecule has 0 radical (unpaired) electrons. The molecule has 6 heteroatoms. The highest BCUT2D eigenvalue weighted by molar-refractivity contribution is 5.93. The molecule has 0 aliphatic carbocycles. The summed E-state index contributed by atoms with van der Waals surface area (Å²) in [6.45, 7) is 3.85. The molecule has 1 atom stereocenters. The molecule has 1 N–H and O–H groups in total. The second kappa shape index (κ2) is 6.89. The monoisotopic (exact) mass is 301 g/mol. The highest BCUT2D eigenvalue weighted by Crippen LogP contribution is 2.14. The summed E-state index contributed by atoms with van der Waals surface area (Å²) in [7, 11) is 1.33. The molecule has 0 bridgehead atoms. The normalized spacial score (nSPS) is 11.8. The topological polar surface area (TPSA) is 73.2 Å². The van der Waals surface area contributed by atoms with E-state index in [1.807, 2.05) is 26.1 Å². The molecule has 2 rings (SSSR count). The first-order chi connectivity index (χ1) is 10.5. The minimum Gasteiger partial charge on any atom is -0.465 e. The van der Waals surface area contributed by atoms with Crippen LogP contribution in [0.3, 0.4) is 0 Å². The Morgan fingerprint density at radius 1 is 1.27 bits per heavy atom. The highest BCUT2D eigenvalue weighted by atomic mass is 16.5. The Hall–Kier alpha value is -2.63. The number of nitrogens with zero attached hydrogens (tertiary/aromatic N) is 2. The first-order valence-electron chi connectivity index (χ1n) is 6.99. The van der Waals surface area contributed by atoms with Gasteiger partial charge in [-0.2, -0.15) is 5.10 Å². The minimum atomic E-state index is -0.402. The predicted molar refractivity (Wildman–Crippen MR) is 82.7 cm³/mol. The lowest BCUT2D eigenvalue weighted by atomic mass is 10.2. The summed E-state index contributed by atoms with van der Waals surface area (Å²) in [5, 5.41) is 7.10. The number of carbonyl (C=O) groups excluding carboxylic acids is 2. The zero-order valence-corrected chi connectivity index (χ0v) is 12.9. The molecule has 0 spiro atoms. The summed E-state index contributed by atoms with van der Waals surface area (Å²) >= 11 is 0. The second-order valence-corrected chi connectivity index (χ2v) is 5.11. The number of esters is 1. The molecule has 1 aromatic heterocycles. The van der Waals surface area contributed by atoms with Gasteiger partial charge in [0.1, 0.15) is 0 Å². The van der Waals surface area contributed by atoms with E-state index in [2.05, 4.69) is 15.2 Å². The molecule has 2 aromatic rings. The summed E-state index contributed by atoms with van der Waals surface area (Å²) in [6, 6.07) is 8.45. The number of hydrogen-bond donors (Lipinski definition) is 1. The van der Waals surface area contributed by atoms with Crippen molar-refractivity contribution >= 4 is 17.6 Å². The standard InChI is InChI=1S/C16H19N3O3/c1-11-8-9-19(18-11)12(2)10-15(20)17-14-6-4-13(5-7-14)16(21)22-3/h4-9,12H,10H2,1-3H3,(H,17,20). The first-order valence-corrected chi connectivity index (χ1v) is 6.99. The summed E-state index contributed by atoms with van der Waals surface area (Å²) < 4.78 is 6.40. The van der Waals surface area contributed by atoms with E-state index in [1.54, 1.807) is 28.9 Å². The number of anilines is 1. The second-order valence-electron chi connectivity index (χ2n) is 5.11. The minimum absolute atomic E-state index is 0.0250. The van der Waals surface area contributed by atoms with Crippen molar-refractivity contribution in [1.82, 2.24) is 9.78 Å². The average Bonchev–Trinajstić information content (AvgIpc) is 2.94. The van der Waals surface area contributed by atoms with Crippen LogP contribution in [0.4, 0.5) is 5.69 Å². The fraction of sp³-hybridized carbons (Fsp3) is 0.312. The number of aryl methyl sites for hydroxylation is 1. The van der Waals surface area contributed by atoms with Gasteiger partial charge in [0, 0.05) is 18.3 Å². The fourth-order valence-corrected chi connectivity index (χ4v) is 2.06. The molecule has 0 aliphatic rings. The van der Waals surface area contributed by atoms with Crippen LogP contribution in [-0.2, 0) is 9.53 Å². The van der Waals surface area contributed by atoms with Gasteiger partial charge in [0.2, 0.25) is 5.91 Å². The van der Waals surface area contributed by atoms with Gasteiger partial charge in [0.25, 0.3) is 0 Å². The fourth-order valence-electron chi connectivity index (χ4n) is 2.06. The molecule has 1 unspecified atom stereocenters. The third kappa shape index (κ3) is 3.94. The van der Waals surface area contributed by atoms with E-state index in [9.17, 15) is 9.59 Å². The number of nitrogens with one attached hydrogen (secondary N) is 1. The molecule has 6 nitrogen and oxygen atoms in total. The quantitative estimate of drug-likeness (QED) is 0.861. The Bertz CT molecular complexity index is 662. The lowest BCUT2D eigenvalue weighted by Gasteiger charge is -2.12. The van der Waals surface area contributed by atoms with Crippen molar-refractivity contribution in [1.29, 1.82) is 0 Å². The Morgan fingerprint density at radius 3 is 2.50 bits per heavy atom. The molecule has 0 saturated carbocycles. The zero-order chi connectivity index (χ0) is 16.1. The Labute approximate surface area is 129 Å². The van der Waals surface area contributed by atoms with Crippen LogP contribution in [0.1, 0.15) is 35.4 Å². The number of amides is 1. The summed E-state index contributed by atoms with van der Waals surface area (Å²) in [5.74, 6) is -0.507. The van der Waals surface area contributed by atoms with Gasteiger partial charge in [-0.05, 0) is 44.2 Å². The largest absolute Gasteiger partial charge is 0.465 e. The van der Waals surface area contributed by atoms with Crippen molar-refractivity contribution in [2.45, 2.75) is 26.3 Å². The van der Waals surface area contributed by atoms with Crippen molar-refractivity contribution < 1.29 is 14.3 Å². The molecular formula is C16H19N3O3. The van der Waals surface area contributed by atoms with Crippen LogP contribution in [0, 0.1) is 6.92 Å². The molecule has 0 fully saturated rings. The molecule has 1 amide bonds. The van der Waals surface area contributed by atoms with Crippen LogP contribution in [0.25, 0.3) is 0 Å². The van der Waals surface area contributed by atoms with Crippen LogP contribution in [0.5, 0.6) is 0 Å². The van der Waals surface area contributed by atoms with Gasteiger partial charge in [-0.3, -0.25) is 9.48 Å². The van der Waals surface area contributed by atoms with Crippen molar-refractivity contribution in [2.24, 2.45) is 0 Å². The van der Waals surface area contributed by atoms with Crippen LogP contribution >= 0.6 is 0 Å². The van der Waals surface area contributed by atoms with E-state index < -0.39 is 5.97 Å². The molecule has 1 heterocycles. The molecule has 0 aliphatic heterocycles. The van der Waals surface area contributed by atoms with E-state index in [0.717, 1.165) is 5.69 Å². The Balaban J connectivity index is 1.93. The van der Waals surface area contributed by atoms with Gasteiger partial charge in [-0.25, -0.2) is 4.79 Å². The third-order valence-corrected chi connectivity index (χ3v) is 3.26.